The molecule has 1 rings (SSSR count). The number of ether oxygens (including phenoxy) is 1. The Hall–Kier alpha value is -1.60. The second-order valence-corrected chi connectivity index (χ2v) is 8.28. The van der Waals surface area contributed by atoms with E-state index in [-0.39, 0.29) is 17.4 Å². The average Bonchev–Trinajstić information content (AvgIpc) is 2.54. The van der Waals surface area contributed by atoms with Crippen LogP contribution in [0.15, 0.2) is 23.1 Å². The molecule has 0 saturated heterocycles. The Bertz CT molecular complexity index is 668. The predicted octanol–water partition coefficient (Wildman–Crippen LogP) is 2.57. The quantitative estimate of drug-likeness (QED) is 0.687. The van der Waals surface area contributed by atoms with Gasteiger partial charge >= 0.3 is 0 Å². The molecule has 0 saturated carbocycles. The van der Waals surface area contributed by atoms with Gasteiger partial charge in [0, 0.05) is 19.6 Å². The van der Waals surface area contributed by atoms with Crippen LogP contribution in [0.3, 0.4) is 0 Å². The maximum Gasteiger partial charge on any atom is 0.257 e. The van der Waals surface area contributed by atoms with E-state index in [0.29, 0.717) is 36.9 Å². The highest BCUT2D eigenvalue weighted by atomic mass is 32.2. The van der Waals surface area contributed by atoms with Crippen molar-refractivity contribution in [3.8, 4) is 5.75 Å². The van der Waals surface area contributed by atoms with Crippen LogP contribution in [0.5, 0.6) is 5.75 Å². The summed E-state index contributed by atoms with van der Waals surface area (Å²) in [5.41, 5.74) is 0.684. The molecular weight excluding hydrogens is 340 g/mol. The molecule has 0 radical (unpaired) electrons. The molecule has 1 amide bonds. The summed E-state index contributed by atoms with van der Waals surface area (Å²) in [5.74, 6) is 0.862. The topological polar surface area (TPSA) is 75.7 Å². The maximum atomic E-state index is 12.5. The number of hydrogen-bond donors (Lipinski definition) is 1. The molecule has 1 aromatic carbocycles. The normalized spacial score (nSPS) is 11.8. The van der Waals surface area contributed by atoms with Gasteiger partial charge in [0.2, 0.25) is 10.0 Å². The third kappa shape index (κ3) is 6.32. The van der Waals surface area contributed by atoms with Crippen LogP contribution >= 0.6 is 0 Å². The van der Waals surface area contributed by atoms with Crippen molar-refractivity contribution >= 4 is 15.9 Å². The molecule has 0 atom stereocenters. The molecule has 0 aliphatic heterocycles. The number of aryl methyl sites for hydroxylation is 1. The van der Waals surface area contributed by atoms with Gasteiger partial charge in [-0.25, -0.2) is 8.42 Å². The standard InChI is InChI=1S/C18H30N2O4S/c1-6-20(7-2)25(22,23)16-8-9-17(15(5)12-16)24-13-18(21)19-11-10-14(3)4/h8-9,12,14H,6-7,10-11,13H2,1-5H3,(H,19,21). The first kappa shape index (κ1) is 21.4. The van der Waals surface area contributed by atoms with E-state index in [4.69, 9.17) is 4.74 Å². The van der Waals surface area contributed by atoms with Crippen molar-refractivity contribution in [1.82, 2.24) is 9.62 Å². The van der Waals surface area contributed by atoms with Crippen molar-refractivity contribution in [3.63, 3.8) is 0 Å². The van der Waals surface area contributed by atoms with Gasteiger partial charge in [0.25, 0.3) is 5.91 Å². The highest BCUT2D eigenvalue weighted by molar-refractivity contribution is 7.89. The Kier molecular flexibility index (Phi) is 8.38. The summed E-state index contributed by atoms with van der Waals surface area (Å²) in [7, 11) is -3.49. The molecule has 142 valence electrons. The lowest BCUT2D eigenvalue weighted by molar-refractivity contribution is -0.123. The molecular formula is C18H30N2O4S. The molecule has 0 fully saturated rings. The second-order valence-electron chi connectivity index (χ2n) is 6.34. The summed E-state index contributed by atoms with van der Waals surface area (Å²) in [6.07, 6.45) is 0.919. The molecule has 0 spiro atoms. The van der Waals surface area contributed by atoms with Crippen LogP contribution in [0.1, 0.15) is 39.7 Å². The van der Waals surface area contributed by atoms with E-state index in [2.05, 4.69) is 19.2 Å². The van der Waals surface area contributed by atoms with Crippen molar-refractivity contribution in [2.45, 2.75) is 45.9 Å². The first-order chi connectivity index (χ1) is 11.7. The summed E-state index contributed by atoms with van der Waals surface area (Å²) < 4.78 is 32.0. The molecule has 0 bridgehead atoms. The minimum atomic E-state index is -3.49. The Labute approximate surface area is 151 Å². The summed E-state index contributed by atoms with van der Waals surface area (Å²) in [6, 6.07) is 4.71. The van der Waals surface area contributed by atoms with E-state index in [1.165, 1.54) is 10.4 Å². The predicted molar refractivity (Wildman–Crippen MR) is 99.2 cm³/mol. The van der Waals surface area contributed by atoms with Gasteiger partial charge in [0.1, 0.15) is 5.75 Å². The van der Waals surface area contributed by atoms with Crippen molar-refractivity contribution in [3.05, 3.63) is 23.8 Å². The molecule has 0 heterocycles. The van der Waals surface area contributed by atoms with Gasteiger partial charge in [0.15, 0.2) is 6.61 Å². The highest BCUT2D eigenvalue weighted by Crippen LogP contribution is 2.24. The largest absolute Gasteiger partial charge is 0.484 e. The third-order valence-corrected chi connectivity index (χ3v) is 5.94. The van der Waals surface area contributed by atoms with Crippen LogP contribution in [-0.2, 0) is 14.8 Å². The smallest absolute Gasteiger partial charge is 0.257 e. The lowest BCUT2D eigenvalue weighted by Gasteiger charge is -2.19. The van der Waals surface area contributed by atoms with E-state index >= 15 is 0 Å². The zero-order valence-electron chi connectivity index (χ0n) is 15.8. The number of nitrogens with one attached hydrogen (secondary N) is 1. The summed E-state index contributed by atoms with van der Waals surface area (Å²) in [6.45, 7) is 11.0. The molecule has 6 nitrogen and oxygen atoms in total. The fourth-order valence-corrected chi connectivity index (χ4v) is 3.90. The fraction of sp³-hybridized carbons (Fsp3) is 0.611. The van der Waals surface area contributed by atoms with Crippen molar-refractivity contribution in [2.24, 2.45) is 5.92 Å². The number of carbonyl (C=O) groups is 1. The number of sulfonamides is 1. The average molecular weight is 371 g/mol. The zero-order valence-corrected chi connectivity index (χ0v) is 16.6. The number of amides is 1. The SMILES string of the molecule is CCN(CC)S(=O)(=O)c1ccc(OCC(=O)NCCC(C)C)c(C)c1. The maximum absolute atomic E-state index is 12.5. The number of nitrogens with zero attached hydrogens (tertiary/aromatic N) is 1. The number of carbonyl (C=O) groups excluding carboxylic acids is 1. The molecule has 0 aromatic heterocycles. The van der Waals surface area contributed by atoms with Crippen LogP contribution in [0, 0.1) is 12.8 Å². The monoisotopic (exact) mass is 370 g/mol. The Morgan fingerprint density at radius 3 is 2.40 bits per heavy atom. The van der Waals surface area contributed by atoms with E-state index < -0.39 is 10.0 Å². The highest BCUT2D eigenvalue weighted by Gasteiger charge is 2.22. The van der Waals surface area contributed by atoms with Gasteiger partial charge in [-0.15, -0.1) is 0 Å². The van der Waals surface area contributed by atoms with Crippen molar-refractivity contribution in [1.29, 1.82) is 0 Å². The molecule has 25 heavy (non-hydrogen) atoms. The molecule has 1 N–H and O–H groups in total. The van der Waals surface area contributed by atoms with E-state index in [0.717, 1.165) is 6.42 Å². The molecule has 0 aliphatic rings. The molecule has 0 unspecified atom stereocenters. The van der Waals surface area contributed by atoms with Crippen molar-refractivity contribution in [2.75, 3.05) is 26.2 Å². The van der Waals surface area contributed by atoms with Crippen LogP contribution in [-0.4, -0.2) is 44.9 Å². The lowest BCUT2D eigenvalue weighted by Crippen LogP contribution is -2.31. The third-order valence-electron chi connectivity index (χ3n) is 3.89. The molecule has 0 aliphatic carbocycles. The van der Waals surface area contributed by atoms with Crippen LogP contribution in [0.2, 0.25) is 0 Å². The zero-order chi connectivity index (χ0) is 19.0. The van der Waals surface area contributed by atoms with Gasteiger partial charge in [0.05, 0.1) is 4.90 Å². The van der Waals surface area contributed by atoms with Crippen LogP contribution < -0.4 is 10.1 Å². The van der Waals surface area contributed by atoms with E-state index in [1.54, 1.807) is 19.1 Å². The van der Waals surface area contributed by atoms with Gasteiger partial charge in [-0.3, -0.25) is 4.79 Å². The number of rotatable bonds is 10. The van der Waals surface area contributed by atoms with Crippen molar-refractivity contribution < 1.29 is 17.9 Å². The summed E-state index contributed by atoms with van der Waals surface area (Å²) in [5, 5.41) is 2.80. The summed E-state index contributed by atoms with van der Waals surface area (Å²) in [4.78, 5) is 12.0. The van der Waals surface area contributed by atoms with Gasteiger partial charge in [-0.05, 0) is 43.0 Å². The number of hydrogen-bond acceptors (Lipinski definition) is 4. The second kappa shape index (κ2) is 9.77. The Morgan fingerprint density at radius 2 is 1.88 bits per heavy atom. The number of benzene rings is 1. The van der Waals surface area contributed by atoms with E-state index in [9.17, 15) is 13.2 Å². The fourth-order valence-electron chi connectivity index (χ4n) is 2.35. The van der Waals surface area contributed by atoms with Gasteiger partial charge in [-0.2, -0.15) is 4.31 Å². The van der Waals surface area contributed by atoms with E-state index in [1.807, 2.05) is 13.8 Å². The Balaban J connectivity index is 2.72. The summed E-state index contributed by atoms with van der Waals surface area (Å²) >= 11 is 0. The first-order valence-corrected chi connectivity index (χ1v) is 10.2. The minimum absolute atomic E-state index is 0.0823. The first-order valence-electron chi connectivity index (χ1n) is 8.72. The van der Waals surface area contributed by atoms with Gasteiger partial charge in [-0.1, -0.05) is 27.7 Å². The Morgan fingerprint density at radius 1 is 1.24 bits per heavy atom. The lowest BCUT2D eigenvalue weighted by atomic mass is 10.1. The van der Waals surface area contributed by atoms with Crippen LogP contribution in [0.4, 0.5) is 0 Å². The van der Waals surface area contributed by atoms with Crippen LogP contribution in [0.25, 0.3) is 0 Å². The molecule has 7 heteroatoms. The molecule has 1 aromatic rings. The minimum Gasteiger partial charge on any atom is -0.484 e. The van der Waals surface area contributed by atoms with Gasteiger partial charge < -0.3 is 10.1 Å².